The van der Waals surface area contributed by atoms with E-state index < -0.39 is 17.5 Å². The Labute approximate surface area is 292 Å². The molecule has 0 saturated heterocycles. The highest BCUT2D eigenvalue weighted by Gasteiger charge is 2.11. The van der Waals surface area contributed by atoms with Gasteiger partial charge in [0.25, 0.3) is 11.8 Å². The summed E-state index contributed by atoms with van der Waals surface area (Å²) in [4.78, 5) is 38.0. The normalized spacial score (nSPS) is 10.7. The van der Waals surface area contributed by atoms with Crippen molar-refractivity contribution in [3.8, 4) is 5.75 Å². The third-order valence-corrected chi connectivity index (χ3v) is 7.01. The lowest BCUT2D eigenvalue weighted by atomic mass is 10.1. The summed E-state index contributed by atoms with van der Waals surface area (Å²) in [6, 6.07) is 24.9. The maximum Gasteiger partial charge on any atom is 0.251 e. The molecule has 0 spiro atoms. The number of halogens is 2. The molecule has 0 aliphatic heterocycles. The summed E-state index contributed by atoms with van der Waals surface area (Å²) in [5.74, 6) is -1.22. The number of phenols is 1. The molecule has 0 atom stereocenters. The second-order valence-corrected chi connectivity index (χ2v) is 10.9. The second kappa shape index (κ2) is 18.5. The van der Waals surface area contributed by atoms with E-state index in [4.69, 9.17) is 9.47 Å². The van der Waals surface area contributed by atoms with E-state index in [-0.39, 0.29) is 36.0 Å². The molecule has 0 aliphatic rings. The summed E-state index contributed by atoms with van der Waals surface area (Å²) in [6.45, 7) is 2.11. The molecule has 264 valence electrons. The Balaban J connectivity index is 1.10. The maximum absolute atomic E-state index is 13.5. The van der Waals surface area contributed by atoms with Gasteiger partial charge in [-0.1, -0.05) is 18.2 Å². The van der Waals surface area contributed by atoms with Gasteiger partial charge in [-0.05, 0) is 78.4 Å². The summed E-state index contributed by atoms with van der Waals surface area (Å²) in [5.41, 5.74) is 2.44. The minimum absolute atomic E-state index is 0.0414. The first kappa shape index (κ1) is 36.1. The van der Waals surface area contributed by atoms with Crippen LogP contribution in [0.2, 0.25) is 0 Å². The van der Waals surface area contributed by atoms with Crippen molar-refractivity contribution in [2.75, 3.05) is 55.5 Å². The van der Waals surface area contributed by atoms with Crippen molar-refractivity contribution in [2.24, 2.45) is 0 Å². The lowest BCUT2D eigenvalue weighted by Crippen LogP contribution is -2.27. The molecule has 15 heteroatoms. The number of carbonyl (C=O) groups excluding carboxylic acids is 2. The zero-order valence-corrected chi connectivity index (χ0v) is 27.4. The number of hydrogen-bond acceptors (Lipinski definition) is 11. The van der Waals surface area contributed by atoms with Gasteiger partial charge in [-0.15, -0.1) is 0 Å². The number of benzene rings is 4. The molecule has 0 radical (unpaired) electrons. The second-order valence-electron chi connectivity index (χ2n) is 10.9. The molecule has 0 saturated carbocycles. The number of amides is 2. The summed E-state index contributed by atoms with van der Waals surface area (Å²) < 4.78 is 38.1. The highest BCUT2D eigenvalue weighted by molar-refractivity contribution is 5.94. The monoisotopic (exact) mass is 698 g/mol. The van der Waals surface area contributed by atoms with Gasteiger partial charge in [0.1, 0.15) is 17.4 Å². The van der Waals surface area contributed by atoms with E-state index in [1.165, 1.54) is 12.1 Å². The van der Waals surface area contributed by atoms with Crippen LogP contribution in [0.3, 0.4) is 0 Å². The zero-order valence-electron chi connectivity index (χ0n) is 27.4. The lowest BCUT2D eigenvalue weighted by molar-refractivity contribution is 0.0519. The number of ether oxygens (including phenoxy) is 2. The molecule has 5 aromatic rings. The number of anilines is 5. The topological polar surface area (TPSA) is 172 Å². The Bertz CT molecular complexity index is 1860. The number of rotatable bonds is 18. The van der Waals surface area contributed by atoms with Crippen LogP contribution in [0.25, 0.3) is 0 Å². The van der Waals surface area contributed by atoms with Crippen molar-refractivity contribution in [2.45, 2.75) is 6.54 Å². The van der Waals surface area contributed by atoms with Crippen molar-refractivity contribution in [3.05, 3.63) is 125 Å². The van der Waals surface area contributed by atoms with Gasteiger partial charge in [0.05, 0.1) is 26.4 Å². The quantitative estimate of drug-likeness (QED) is 0.0528. The molecule has 0 fully saturated rings. The van der Waals surface area contributed by atoms with E-state index in [0.717, 1.165) is 18.2 Å². The van der Waals surface area contributed by atoms with Crippen LogP contribution in [0.15, 0.2) is 97.1 Å². The van der Waals surface area contributed by atoms with Gasteiger partial charge in [-0.25, -0.2) is 8.78 Å². The molecule has 4 aromatic carbocycles. The maximum atomic E-state index is 13.5. The first-order valence-corrected chi connectivity index (χ1v) is 16.0. The van der Waals surface area contributed by atoms with E-state index in [0.29, 0.717) is 67.6 Å². The standard InChI is InChI=1S/C36H36F2N8O5/c37-27-20-24(21-28(38)22-27)23-41-33(49)26-6-8-29(9-7-26)42-35-44-34(45-36(46-35)43-30-10-12-31(47)13-11-30)40-15-17-51-19-18-50-16-14-39-32(48)25-4-2-1-3-5-25/h1-13,20-22,47H,14-19,23H2,(H,39,48)(H,41,49)(H3,40,42,43,44,45,46). The molecule has 0 aliphatic carbocycles. The Morgan fingerprint density at radius 2 is 1.14 bits per heavy atom. The third kappa shape index (κ3) is 12.0. The summed E-state index contributed by atoms with van der Waals surface area (Å²) >= 11 is 0. The average molecular weight is 699 g/mol. The predicted molar refractivity (Wildman–Crippen MR) is 187 cm³/mol. The molecular weight excluding hydrogens is 662 g/mol. The Kier molecular flexibility index (Phi) is 13.1. The number of carbonyl (C=O) groups is 2. The number of aromatic nitrogens is 3. The van der Waals surface area contributed by atoms with Crippen molar-refractivity contribution in [1.82, 2.24) is 25.6 Å². The van der Waals surface area contributed by atoms with Gasteiger partial charge >= 0.3 is 0 Å². The number of phenolic OH excluding ortho intramolecular Hbond substituents is 1. The fraction of sp³-hybridized carbons (Fsp3) is 0.194. The molecule has 1 heterocycles. The molecule has 51 heavy (non-hydrogen) atoms. The van der Waals surface area contributed by atoms with Gasteiger partial charge in [0, 0.05) is 48.2 Å². The van der Waals surface area contributed by atoms with Crippen LogP contribution in [-0.2, 0) is 16.0 Å². The number of aromatic hydroxyl groups is 1. The van der Waals surface area contributed by atoms with E-state index in [2.05, 4.69) is 41.5 Å². The highest BCUT2D eigenvalue weighted by atomic mass is 19.1. The SMILES string of the molecule is O=C(NCCOCCOCCNc1nc(Nc2ccc(O)cc2)nc(Nc2ccc(C(=O)NCc3cc(F)cc(F)c3)cc2)n1)c1ccccc1. The molecule has 0 unspecified atom stereocenters. The van der Waals surface area contributed by atoms with E-state index >= 15 is 0 Å². The molecule has 1 aromatic heterocycles. The van der Waals surface area contributed by atoms with Crippen LogP contribution in [-0.4, -0.2) is 71.4 Å². The Morgan fingerprint density at radius 1 is 0.608 bits per heavy atom. The van der Waals surface area contributed by atoms with Crippen LogP contribution in [0, 0.1) is 11.6 Å². The van der Waals surface area contributed by atoms with Crippen LogP contribution in [0.1, 0.15) is 26.3 Å². The predicted octanol–water partition coefficient (Wildman–Crippen LogP) is 5.15. The molecule has 13 nitrogen and oxygen atoms in total. The first-order valence-electron chi connectivity index (χ1n) is 16.0. The smallest absolute Gasteiger partial charge is 0.251 e. The molecule has 5 rings (SSSR count). The van der Waals surface area contributed by atoms with E-state index in [9.17, 15) is 23.5 Å². The van der Waals surface area contributed by atoms with Gasteiger partial charge < -0.3 is 41.2 Å². The molecule has 0 bridgehead atoms. The molecular formula is C36H36F2N8O5. The largest absolute Gasteiger partial charge is 0.508 e. The Morgan fingerprint density at radius 3 is 1.76 bits per heavy atom. The van der Waals surface area contributed by atoms with Gasteiger partial charge in [-0.3, -0.25) is 9.59 Å². The fourth-order valence-corrected chi connectivity index (χ4v) is 4.56. The summed E-state index contributed by atoms with van der Waals surface area (Å²) in [6.07, 6.45) is 0. The minimum Gasteiger partial charge on any atom is -0.508 e. The van der Waals surface area contributed by atoms with Gasteiger partial charge in [0.15, 0.2) is 0 Å². The van der Waals surface area contributed by atoms with E-state index in [1.807, 2.05) is 6.07 Å². The summed E-state index contributed by atoms with van der Waals surface area (Å²) in [7, 11) is 0. The number of nitrogens with one attached hydrogen (secondary N) is 5. The number of nitrogens with zero attached hydrogens (tertiary/aromatic N) is 3. The third-order valence-electron chi connectivity index (χ3n) is 7.01. The van der Waals surface area contributed by atoms with Gasteiger partial charge in [0.2, 0.25) is 17.8 Å². The van der Waals surface area contributed by atoms with Crippen molar-refractivity contribution in [1.29, 1.82) is 0 Å². The zero-order chi connectivity index (χ0) is 35.8. The fourth-order valence-electron chi connectivity index (χ4n) is 4.56. The van der Waals surface area contributed by atoms with Crippen molar-refractivity contribution >= 4 is 41.0 Å². The molecule has 6 N–H and O–H groups in total. The average Bonchev–Trinajstić information content (AvgIpc) is 3.12. The van der Waals surface area contributed by atoms with Gasteiger partial charge in [-0.2, -0.15) is 15.0 Å². The lowest BCUT2D eigenvalue weighted by Gasteiger charge is -2.12. The minimum atomic E-state index is -0.720. The number of hydrogen-bond donors (Lipinski definition) is 6. The van der Waals surface area contributed by atoms with Crippen molar-refractivity contribution in [3.63, 3.8) is 0 Å². The highest BCUT2D eigenvalue weighted by Crippen LogP contribution is 2.21. The first-order chi connectivity index (χ1) is 24.8. The molecule has 2 amide bonds. The van der Waals surface area contributed by atoms with Crippen LogP contribution in [0.5, 0.6) is 5.75 Å². The van der Waals surface area contributed by atoms with Crippen LogP contribution in [0.4, 0.5) is 38.0 Å². The Hall–Kier alpha value is -6.19. The van der Waals surface area contributed by atoms with Crippen LogP contribution < -0.4 is 26.6 Å². The van der Waals surface area contributed by atoms with E-state index in [1.54, 1.807) is 60.7 Å². The van der Waals surface area contributed by atoms with Crippen molar-refractivity contribution < 1.29 is 33.0 Å². The summed E-state index contributed by atoms with van der Waals surface area (Å²) in [5, 5.41) is 24.4. The van der Waals surface area contributed by atoms with Crippen LogP contribution >= 0.6 is 0 Å².